The molecule has 0 unspecified atom stereocenters. The highest BCUT2D eigenvalue weighted by atomic mass is 16.5. The molecule has 0 aliphatic carbocycles. The minimum absolute atomic E-state index is 0.0742. The van der Waals surface area contributed by atoms with Gasteiger partial charge in [0.2, 0.25) is 0 Å². The number of rotatable bonds is 10. The van der Waals surface area contributed by atoms with Crippen LogP contribution in [0.15, 0.2) is 24.3 Å². The highest BCUT2D eigenvalue weighted by Gasteiger charge is 2.33. The first-order chi connectivity index (χ1) is 14.6. The van der Waals surface area contributed by atoms with Gasteiger partial charge in [0.25, 0.3) is 5.91 Å². The van der Waals surface area contributed by atoms with Gasteiger partial charge in [-0.25, -0.2) is 0 Å². The molecule has 1 aromatic carbocycles. The second-order valence-corrected chi connectivity index (χ2v) is 8.29. The van der Waals surface area contributed by atoms with Gasteiger partial charge in [-0.05, 0) is 65.1 Å². The van der Waals surface area contributed by atoms with Crippen molar-refractivity contribution in [2.24, 2.45) is 0 Å². The molecule has 0 spiro atoms. The zero-order chi connectivity index (χ0) is 21.5. The molecule has 1 N–H and O–H groups in total. The van der Waals surface area contributed by atoms with Crippen LogP contribution in [0, 0.1) is 0 Å². The summed E-state index contributed by atoms with van der Waals surface area (Å²) in [5.41, 5.74) is 1.75. The maximum absolute atomic E-state index is 14.0. The van der Waals surface area contributed by atoms with Crippen LogP contribution in [-0.4, -0.2) is 60.9 Å². The summed E-state index contributed by atoms with van der Waals surface area (Å²) >= 11 is 0. The number of aromatic nitrogens is 1. The van der Waals surface area contributed by atoms with Crippen molar-refractivity contribution in [3.8, 4) is 5.75 Å². The minimum Gasteiger partial charge on any atom is -0.491 e. The van der Waals surface area contributed by atoms with Gasteiger partial charge in [-0.3, -0.25) is 4.79 Å². The van der Waals surface area contributed by atoms with Gasteiger partial charge in [0.15, 0.2) is 11.4 Å². The molecule has 1 atom stereocenters. The van der Waals surface area contributed by atoms with E-state index in [1.54, 1.807) is 7.11 Å². The Hall–Kier alpha value is -2.05. The standard InChI is InChI=1S/C24H37N3O3/c1-5-30-23-20-12-6-7-13-21(20)26(15-8-9-16-29-4)22(23)24(28)27(18(2)3)19-11-10-14-25-17-19/h6-7,12-13,18-19,25H,5,8-11,14-17H2,1-4H3/t19-/m1/s1. The normalized spacial score (nSPS) is 16.9. The Bertz CT molecular complexity index is 824. The van der Waals surface area contributed by atoms with Gasteiger partial charge in [-0.15, -0.1) is 0 Å². The number of carbonyl (C=O) groups excluding carboxylic acids is 1. The maximum atomic E-state index is 14.0. The summed E-state index contributed by atoms with van der Waals surface area (Å²) in [6.45, 7) is 10.1. The lowest BCUT2D eigenvalue weighted by molar-refractivity contribution is 0.0558. The largest absolute Gasteiger partial charge is 0.491 e. The molecule has 6 nitrogen and oxygen atoms in total. The highest BCUT2D eigenvalue weighted by molar-refractivity contribution is 6.04. The number of hydrogen-bond donors (Lipinski definition) is 1. The van der Waals surface area contributed by atoms with E-state index < -0.39 is 0 Å². The summed E-state index contributed by atoms with van der Waals surface area (Å²) in [6.07, 6.45) is 4.04. The number of methoxy groups -OCH3 is 1. The second kappa shape index (κ2) is 10.8. The summed E-state index contributed by atoms with van der Waals surface area (Å²) in [5.74, 6) is 0.796. The number of aryl methyl sites for hydroxylation is 1. The summed E-state index contributed by atoms with van der Waals surface area (Å²) in [7, 11) is 1.73. The molecule has 1 fully saturated rings. The number of amides is 1. The van der Waals surface area contributed by atoms with E-state index in [0.29, 0.717) is 12.3 Å². The number of piperidine rings is 1. The predicted molar refractivity (Wildman–Crippen MR) is 121 cm³/mol. The molecule has 0 radical (unpaired) electrons. The van der Waals surface area contributed by atoms with Gasteiger partial charge in [-0.2, -0.15) is 0 Å². The Labute approximate surface area is 180 Å². The Morgan fingerprint density at radius 1 is 1.30 bits per heavy atom. The number of ether oxygens (including phenoxy) is 2. The molecule has 1 amide bonds. The number of nitrogens with zero attached hydrogens (tertiary/aromatic N) is 2. The van der Waals surface area contributed by atoms with Crippen LogP contribution < -0.4 is 10.1 Å². The van der Waals surface area contributed by atoms with Crippen molar-refractivity contribution in [2.45, 2.75) is 65.1 Å². The molecule has 1 saturated heterocycles. The molecule has 2 aromatic rings. The van der Waals surface area contributed by atoms with Crippen molar-refractivity contribution in [2.75, 3.05) is 33.4 Å². The lowest BCUT2D eigenvalue weighted by Crippen LogP contribution is -2.52. The van der Waals surface area contributed by atoms with E-state index in [1.807, 2.05) is 19.1 Å². The number of para-hydroxylation sites is 1. The lowest BCUT2D eigenvalue weighted by atomic mass is 10.0. The zero-order valence-corrected chi connectivity index (χ0v) is 18.9. The first-order valence-electron chi connectivity index (χ1n) is 11.4. The van der Waals surface area contributed by atoms with Crippen LogP contribution >= 0.6 is 0 Å². The summed E-state index contributed by atoms with van der Waals surface area (Å²) in [6, 6.07) is 8.53. The fourth-order valence-corrected chi connectivity index (χ4v) is 4.54. The maximum Gasteiger partial charge on any atom is 0.274 e. The quantitative estimate of drug-likeness (QED) is 0.595. The van der Waals surface area contributed by atoms with Crippen LogP contribution in [0.3, 0.4) is 0 Å². The number of benzene rings is 1. The fraction of sp³-hybridized carbons (Fsp3) is 0.625. The van der Waals surface area contributed by atoms with E-state index in [9.17, 15) is 4.79 Å². The first-order valence-corrected chi connectivity index (χ1v) is 11.4. The molecular formula is C24H37N3O3. The third-order valence-corrected chi connectivity index (χ3v) is 5.85. The SMILES string of the molecule is CCOc1c(C(=O)N(C(C)C)[C@@H]2CCCNC2)n(CCCCOC)c2ccccc12. The Morgan fingerprint density at radius 2 is 2.10 bits per heavy atom. The van der Waals surface area contributed by atoms with Crippen molar-refractivity contribution >= 4 is 16.8 Å². The fourth-order valence-electron chi connectivity index (χ4n) is 4.54. The van der Waals surface area contributed by atoms with Crippen LogP contribution in [0.1, 0.15) is 56.9 Å². The molecule has 6 heteroatoms. The Balaban J connectivity index is 2.06. The van der Waals surface area contributed by atoms with Gasteiger partial charge in [0.05, 0.1) is 12.1 Å². The first kappa shape index (κ1) is 22.6. The zero-order valence-electron chi connectivity index (χ0n) is 18.9. The lowest BCUT2D eigenvalue weighted by Gasteiger charge is -2.38. The average molecular weight is 416 g/mol. The van der Waals surface area contributed by atoms with Gasteiger partial charge in [0.1, 0.15) is 0 Å². The van der Waals surface area contributed by atoms with Crippen LogP contribution in [0.5, 0.6) is 5.75 Å². The Kier molecular flexibility index (Phi) is 8.16. The van der Waals surface area contributed by atoms with Crippen molar-refractivity contribution in [3.05, 3.63) is 30.0 Å². The molecule has 0 saturated carbocycles. The van der Waals surface area contributed by atoms with E-state index in [2.05, 4.69) is 40.8 Å². The molecule has 166 valence electrons. The number of unbranched alkanes of at least 4 members (excludes halogenated alkanes) is 1. The molecule has 1 aliphatic rings. The predicted octanol–water partition coefficient (Wildman–Crippen LogP) is 4.07. The monoisotopic (exact) mass is 415 g/mol. The topological polar surface area (TPSA) is 55.7 Å². The average Bonchev–Trinajstić information content (AvgIpc) is 3.06. The molecule has 1 aliphatic heterocycles. The van der Waals surface area contributed by atoms with Crippen LogP contribution in [0.4, 0.5) is 0 Å². The van der Waals surface area contributed by atoms with E-state index in [1.165, 1.54) is 0 Å². The molecule has 1 aromatic heterocycles. The van der Waals surface area contributed by atoms with Crippen molar-refractivity contribution in [3.63, 3.8) is 0 Å². The number of fused-ring (bicyclic) bond motifs is 1. The van der Waals surface area contributed by atoms with Crippen molar-refractivity contribution < 1.29 is 14.3 Å². The third-order valence-electron chi connectivity index (χ3n) is 5.85. The van der Waals surface area contributed by atoms with E-state index >= 15 is 0 Å². The van der Waals surface area contributed by atoms with E-state index in [0.717, 1.165) is 68.6 Å². The summed E-state index contributed by atoms with van der Waals surface area (Å²) < 4.78 is 13.5. The highest BCUT2D eigenvalue weighted by Crippen LogP contribution is 2.35. The molecular weight excluding hydrogens is 378 g/mol. The van der Waals surface area contributed by atoms with Gasteiger partial charge in [-0.1, -0.05) is 12.1 Å². The van der Waals surface area contributed by atoms with E-state index in [4.69, 9.17) is 9.47 Å². The number of nitrogens with one attached hydrogen (secondary N) is 1. The van der Waals surface area contributed by atoms with Crippen LogP contribution in [0.25, 0.3) is 10.9 Å². The van der Waals surface area contributed by atoms with Gasteiger partial charge in [0, 0.05) is 44.3 Å². The minimum atomic E-state index is 0.0742. The van der Waals surface area contributed by atoms with Gasteiger partial charge < -0.3 is 24.3 Å². The summed E-state index contributed by atoms with van der Waals surface area (Å²) in [4.78, 5) is 16.1. The second-order valence-electron chi connectivity index (χ2n) is 8.29. The molecule has 30 heavy (non-hydrogen) atoms. The van der Waals surface area contributed by atoms with E-state index in [-0.39, 0.29) is 18.0 Å². The molecule has 2 heterocycles. The number of carbonyl (C=O) groups is 1. The van der Waals surface area contributed by atoms with Crippen LogP contribution in [0.2, 0.25) is 0 Å². The Morgan fingerprint density at radius 3 is 2.77 bits per heavy atom. The molecule has 0 bridgehead atoms. The molecule has 3 rings (SSSR count). The number of hydrogen-bond acceptors (Lipinski definition) is 4. The van der Waals surface area contributed by atoms with Crippen molar-refractivity contribution in [1.29, 1.82) is 0 Å². The van der Waals surface area contributed by atoms with Crippen molar-refractivity contribution in [1.82, 2.24) is 14.8 Å². The smallest absolute Gasteiger partial charge is 0.274 e. The third kappa shape index (κ3) is 4.81. The summed E-state index contributed by atoms with van der Waals surface area (Å²) in [5, 5.41) is 4.47. The van der Waals surface area contributed by atoms with Crippen LogP contribution in [-0.2, 0) is 11.3 Å². The van der Waals surface area contributed by atoms with Gasteiger partial charge >= 0.3 is 0 Å².